The Morgan fingerprint density at radius 1 is 0.825 bits per heavy atom. The van der Waals surface area contributed by atoms with Gasteiger partial charge in [-0.15, -0.1) is 5.10 Å². The normalized spacial score (nSPS) is 11.6. The molecule has 5 aromatic rings. The van der Waals surface area contributed by atoms with E-state index in [9.17, 15) is 9.59 Å². The molecule has 1 atom stereocenters. The van der Waals surface area contributed by atoms with Crippen LogP contribution in [-0.2, 0) is 22.7 Å². The van der Waals surface area contributed by atoms with Gasteiger partial charge in [0, 0.05) is 12.2 Å². The largest absolute Gasteiger partial charge is 0.497 e. The first-order valence-electron chi connectivity index (χ1n) is 12.8. The molecule has 5 rings (SSSR count). The van der Waals surface area contributed by atoms with E-state index in [2.05, 4.69) is 15.6 Å². The Morgan fingerprint density at radius 3 is 2.12 bits per heavy atom. The Kier molecular flexibility index (Phi) is 8.01. The molecule has 0 aliphatic carbocycles. The maximum atomic E-state index is 14.1. The van der Waals surface area contributed by atoms with E-state index in [-0.39, 0.29) is 24.9 Å². The van der Waals surface area contributed by atoms with Crippen LogP contribution in [0.3, 0.4) is 0 Å². The Morgan fingerprint density at radius 2 is 1.45 bits per heavy atom. The van der Waals surface area contributed by atoms with Crippen molar-refractivity contribution in [3.05, 3.63) is 114 Å². The number of hydrogen-bond acceptors (Lipinski definition) is 6. The number of benzene rings is 4. The highest BCUT2D eigenvalue weighted by Crippen LogP contribution is 2.28. The molecular formula is C31H29N5O4. The number of amides is 2. The summed E-state index contributed by atoms with van der Waals surface area (Å²) in [5.74, 6) is 0.673. The van der Waals surface area contributed by atoms with Gasteiger partial charge in [-0.1, -0.05) is 59.8 Å². The predicted molar refractivity (Wildman–Crippen MR) is 152 cm³/mol. The van der Waals surface area contributed by atoms with Crippen molar-refractivity contribution in [2.45, 2.75) is 19.1 Å². The molecule has 1 unspecified atom stereocenters. The van der Waals surface area contributed by atoms with Gasteiger partial charge in [0.2, 0.25) is 5.91 Å². The third kappa shape index (κ3) is 5.94. The van der Waals surface area contributed by atoms with Crippen molar-refractivity contribution in [1.82, 2.24) is 19.9 Å². The van der Waals surface area contributed by atoms with Crippen LogP contribution in [0.25, 0.3) is 11.0 Å². The van der Waals surface area contributed by atoms with Gasteiger partial charge in [-0.05, 0) is 59.7 Å². The Bertz CT molecular complexity index is 1580. The molecular weight excluding hydrogens is 506 g/mol. The van der Waals surface area contributed by atoms with Gasteiger partial charge in [-0.3, -0.25) is 9.59 Å². The highest BCUT2D eigenvalue weighted by atomic mass is 16.5. The predicted octanol–water partition coefficient (Wildman–Crippen LogP) is 4.86. The van der Waals surface area contributed by atoms with Gasteiger partial charge in [-0.25, -0.2) is 4.68 Å². The van der Waals surface area contributed by atoms with Crippen molar-refractivity contribution >= 4 is 28.5 Å². The zero-order chi connectivity index (χ0) is 27.9. The minimum Gasteiger partial charge on any atom is -0.497 e. The maximum absolute atomic E-state index is 14.1. The molecule has 0 saturated heterocycles. The van der Waals surface area contributed by atoms with Crippen LogP contribution in [0.15, 0.2) is 103 Å². The van der Waals surface area contributed by atoms with Crippen LogP contribution in [0.5, 0.6) is 11.5 Å². The highest BCUT2D eigenvalue weighted by Gasteiger charge is 2.32. The number of carbonyl (C=O) groups excluding carboxylic acids is 2. The second-order valence-electron chi connectivity index (χ2n) is 9.14. The summed E-state index contributed by atoms with van der Waals surface area (Å²) >= 11 is 0. The molecule has 202 valence electrons. The molecule has 9 nitrogen and oxygen atoms in total. The van der Waals surface area contributed by atoms with Crippen molar-refractivity contribution in [2.75, 3.05) is 19.5 Å². The van der Waals surface area contributed by atoms with Gasteiger partial charge < -0.3 is 19.7 Å². The minimum absolute atomic E-state index is 0.0875. The van der Waals surface area contributed by atoms with E-state index in [1.807, 2.05) is 54.6 Å². The lowest BCUT2D eigenvalue weighted by Gasteiger charge is -2.31. The molecule has 0 bridgehead atoms. The molecule has 0 fully saturated rings. The number of para-hydroxylation sites is 1. The molecule has 0 aliphatic rings. The molecule has 4 aromatic carbocycles. The van der Waals surface area contributed by atoms with Crippen molar-refractivity contribution < 1.29 is 19.1 Å². The lowest BCUT2D eigenvalue weighted by atomic mass is 10.0. The second kappa shape index (κ2) is 12.1. The number of fused-ring (bicyclic) bond motifs is 1. The van der Waals surface area contributed by atoms with Crippen molar-refractivity contribution in [3.8, 4) is 11.5 Å². The second-order valence-corrected chi connectivity index (χ2v) is 9.14. The average molecular weight is 536 g/mol. The van der Waals surface area contributed by atoms with Crippen LogP contribution in [-0.4, -0.2) is 45.9 Å². The van der Waals surface area contributed by atoms with E-state index < -0.39 is 6.04 Å². The third-order valence-electron chi connectivity index (χ3n) is 6.57. The fraction of sp³-hybridized carbons (Fsp3) is 0.161. The minimum atomic E-state index is -0.949. The molecule has 0 spiro atoms. The standard InChI is InChI=1S/C31H29N5O4/c1-39-25-16-12-23(13-17-25)30(31(38)32-24-14-18-26(40-2)19-15-24)35(20-22-8-4-3-5-9-22)29(37)21-36-28-11-7-6-10-27(28)33-34-36/h3-19,30H,20-21H2,1-2H3,(H,32,38). The van der Waals surface area contributed by atoms with Gasteiger partial charge in [0.15, 0.2) is 0 Å². The van der Waals surface area contributed by atoms with Crippen LogP contribution in [0.2, 0.25) is 0 Å². The van der Waals surface area contributed by atoms with Crippen LogP contribution >= 0.6 is 0 Å². The number of nitrogens with zero attached hydrogens (tertiary/aromatic N) is 4. The summed E-state index contributed by atoms with van der Waals surface area (Å²) in [6, 6.07) is 30.3. The number of methoxy groups -OCH3 is 2. The van der Waals surface area contributed by atoms with Crippen molar-refractivity contribution in [2.24, 2.45) is 0 Å². The smallest absolute Gasteiger partial charge is 0.251 e. The summed E-state index contributed by atoms with van der Waals surface area (Å²) in [7, 11) is 3.16. The summed E-state index contributed by atoms with van der Waals surface area (Å²) in [5.41, 5.74) is 3.53. The summed E-state index contributed by atoms with van der Waals surface area (Å²) in [5, 5.41) is 11.4. The van der Waals surface area contributed by atoms with E-state index in [4.69, 9.17) is 9.47 Å². The number of anilines is 1. The molecule has 0 saturated carbocycles. The molecule has 40 heavy (non-hydrogen) atoms. The zero-order valence-electron chi connectivity index (χ0n) is 22.2. The summed E-state index contributed by atoms with van der Waals surface area (Å²) in [6.45, 7) is 0.120. The van der Waals surface area contributed by atoms with Crippen LogP contribution in [0.1, 0.15) is 17.2 Å². The summed E-state index contributed by atoms with van der Waals surface area (Å²) in [6.07, 6.45) is 0. The first-order valence-corrected chi connectivity index (χ1v) is 12.8. The first-order chi connectivity index (χ1) is 19.6. The number of ether oxygens (including phenoxy) is 2. The lowest BCUT2D eigenvalue weighted by molar-refractivity contribution is -0.140. The van der Waals surface area contributed by atoms with Crippen molar-refractivity contribution in [1.29, 1.82) is 0 Å². The highest BCUT2D eigenvalue weighted by molar-refractivity contribution is 5.98. The summed E-state index contributed by atoms with van der Waals surface area (Å²) < 4.78 is 12.1. The third-order valence-corrected chi connectivity index (χ3v) is 6.57. The monoisotopic (exact) mass is 535 g/mol. The van der Waals surface area contributed by atoms with Crippen molar-refractivity contribution in [3.63, 3.8) is 0 Å². The Balaban J connectivity index is 1.53. The molecule has 0 aliphatic heterocycles. The SMILES string of the molecule is COc1ccc(NC(=O)C(c2ccc(OC)cc2)N(Cc2ccccc2)C(=O)Cn2nnc3ccccc32)cc1. The number of carbonyl (C=O) groups is 2. The number of rotatable bonds is 10. The fourth-order valence-corrected chi connectivity index (χ4v) is 4.50. The number of hydrogen-bond donors (Lipinski definition) is 1. The van der Waals surface area contributed by atoms with Crippen LogP contribution in [0.4, 0.5) is 5.69 Å². The maximum Gasteiger partial charge on any atom is 0.251 e. The van der Waals surface area contributed by atoms with E-state index in [1.54, 1.807) is 72.3 Å². The van der Waals surface area contributed by atoms with Crippen LogP contribution < -0.4 is 14.8 Å². The average Bonchev–Trinajstić information content (AvgIpc) is 3.40. The zero-order valence-corrected chi connectivity index (χ0v) is 22.2. The van der Waals surface area contributed by atoms with E-state index >= 15 is 0 Å². The van der Waals surface area contributed by atoms with E-state index in [0.29, 0.717) is 28.3 Å². The number of aromatic nitrogens is 3. The quantitative estimate of drug-likeness (QED) is 0.274. The topological polar surface area (TPSA) is 98.6 Å². The fourth-order valence-electron chi connectivity index (χ4n) is 4.50. The summed E-state index contributed by atoms with van der Waals surface area (Å²) in [4.78, 5) is 29.6. The van der Waals surface area contributed by atoms with Gasteiger partial charge in [0.05, 0.1) is 19.7 Å². The molecule has 1 N–H and O–H groups in total. The lowest BCUT2D eigenvalue weighted by Crippen LogP contribution is -2.42. The number of nitrogens with one attached hydrogen (secondary N) is 1. The molecule has 2 amide bonds. The van der Waals surface area contributed by atoms with E-state index in [0.717, 1.165) is 11.1 Å². The van der Waals surface area contributed by atoms with E-state index in [1.165, 1.54) is 0 Å². The van der Waals surface area contributed by atoms with Gasteiger partial charge >= 0.3 is 0 Å². The molecule has 1 aromatic heterocycles. The molecule has 9 heteroatoms. The van der Waals surface area contributed by atoms with Gasteiger partial charge in [0.25, 0.3) is 5.91 Å². The Labute approximate surface area is 231 Å². The van der Waals surface area contributed by atoms with Crippen LogP contribution in [0, 0.1) is 0 Å². The molecule has 0 radical (unpaired) electrons. The Hall–Kier alpha value is -5.18. The van der Waals surface area contributed by atoms with Gasteiger partial charge in [0.1, 0.15) is 29.6 Å². The molecule has 1 heterocycles. The van der Waals surface area contributed by atoms with Gasteiger partial charge in [-0.2, -0.15) is 0 Å². The first kappa shape index (κ1) is 26.4.